The van der Waals surface area contributed by atoms with Gasteiger partial charge in [0.25, 0.3) is 0 Å². The summed E-state index contributed by atoms with van der Waals surface area (Å²) in [7, 11) is 0. The highest BCUT2D eigenvalue weighted by Crippen LogP contribution is 2.18. The Hall–Kier alpha value is -2.37. The lowest BCUT2D eigenvalue weighted by atomic mass is 10.1. The molecule has 1 heterocycles. The number of anilines is 1. The lowest BCUT2D eigenvalue weighted by Crippen LogP contribution is -2.23. The zero-order valence-corrected chi connectivity index (χ0v) is 15.6. The van der Waals surface area contributed by atoms with Gasteiger partial charge in [-0.2, -0.15) is 0 Å². The molecule has 2 aromatic carbocycles. The summed E-state index contributed by atoms with van der Waals surface area (Å²) in [4.78, 5) is 6.79. The van der Waals surface area contributed by atoms with Gasteiger partial charge in [0.15, 0.2) is 5.96 Å². The molecule has 1 fully saturated rings. The molecule has 0 radical (unpaired) electrons. The van der Waals surface area contributed by atoms with Crippen LogP contribution in [0.15, 0.2) is 47.5 Å². The molecule has 0 amide bonds. The van der Waals surface area contributed by atoms with Crippen molar-refractivity contribution >= 4 is 11.6 Å². The Bertz CT molecular complexity index is 787. The van der Waals surface area contributed by atoms with Crippen molar-refractivity contribution in [3.8, 4) is 0 Å². The number of hydrogen-bond donors (Lipinski definition) is 3. The van der Waals surface area contributed by atoms with Gasteiger partial charge >= 0.3 is 0 Å². The highest BCUT2D eigenvalue weighted by molar-refractivity contribution is 5.92. The summed E-state index contributed by atoms with van der Waals surface area (Å²) in [5.41, 5.74) is 11.9. The Morgan fingerprint density at radius 3 is 2.65 bits per heavy atom. The maximum absolute atomic E-state index is 9.71. The third-order valence-corrected chi connectivity index (χ3v) is 4.96. The summed E-state index contributed by atoms with van der Waals surface area (Å²) in [5, 5.41) is 12.9. The number of rotatable bonds is 5. The van der Waals surface area contributed by atoms with Crippen molar-refractivity contribution in [2.45, 2.75) is 39.5 Å². The van der Waals surface area contributed by atoms with Crippen molar-refractivity contribution in [3.63, 3.8) is 0 Å². The molecule has 5 nitrogen and oxygen atoms in total. The van der Waals surface area contributed by atoms with Crippen molar-refractivity contribution in [2.24, 2.45) is 10.7 Å². The topological polar surface area (TPSA) is 73.9 Å². The molecule has 4 N–H and O–H groups in total. The smallest absolute Gasteiger partial charge is 0.193 e. The summed E-state index contributed by atoms with van der Waals surface area (Å²) in [6.45, 7) is 7.24. The number of nitrogens with one attached hydrogen (secondary N) is 1. The Morgan fingerprint density at radius 2 is 1.96 bits per heavy atom. The number of hydrogen-bond acceptors (Lipinski definition) is 3. The Balaban J connectivity index is 1.64. The van der Waals surface area contributed by atoms with Crippen LogP contribution in [-0.2, 0) is 13.1 Å². The summed E-state index contributed by atoms with van der Waals surface area (Å²) >= 11 is 0. The van der Waals surface area contributed by atoms with Crippen LogP contribution in [0.5, 0.6) is 0 Å². The van der Waals surface area contributed by atoms with Crippen molar-refractivity contribution < 1.29 is 5.11 Å². The van der Waals surface area contributed by atoms with E-state index >= 15 is 0 Å². The zero-order chi connectivity index (χ0) is 18.5. The quantitative estimate of drug-likeness (QED) is 0.571. The van der Waals surface area contributed by atoms with Gasteiger partial charge in [-0.3, -0.25) is 4.90 Å². The van der Waals surface area contributed by atoms with E-state index in [1.165, 1.54) is 22.3 Å². The average Bonchev–Trinajstić information content (AvgIpc) is 3.02. The minimum absolute atomic E-state index is 0.196. The van der Waals surface area contributed by atoms with E-state index in [0.29, 0.717) is 12.5 Å². The van der Waals surface area contributed by atoms with Gasteiger partial charge in [-0.15, -0.1) is 0 Å². The predicted octanol–water partition coefficient (Wildman–Crippen LogP) is 2.80. The molecule has 0 saturated carbocycles. The minimum Gasteiger partial charge on any atom is -0.392 e. The summed E-state index contributed by atoms with van der Waals surface area (Å²) in [6, 6.07) is 14.5. The highest BCUT2D eigenvalue weighted by atomic mass is 16.3. The third-order valence-electron chi connectivity index (χ3n) is 4.96. The molecule has 5 heteroatoms. The van der Waals surface area contributed by atoms with E-state index in [9.17, 15) is 5.11 Å². The SMILES string of the molecule is Cc1ccc(NC(N)=NCc2ccccc2CN2CCC(O)C2)cc1C. The van der Waals surface area contributed by atoms with Crippen molar-refractivity contribution in [1.82, 2.24) is 4.90 Å². The summed E-state index contributed by atoms with van der Waals surface area (Å²) in [6.07, 6.45) is 0.658. The molecule has 0 bridgehead atoms. The summed E-state index contributed by atoms with van der Waals surface area (Å²) in [5.74, 6) is 0.416. The van der Waals surface area contributed by atoms with E-state index in [2.05, 4.69) is 53.3 Å². The second-order valence-electron chi connectivity index (χ2n) is 7.07. The van der Waals surface area contributed by atoms with Crippen LogP contribution in [0, 0.1) is 13.8 Å². The van der Waals surface area contributed by atoms with Gasteiger partial charge < -0.3 is 16.2 Å². The molecule has 0 spiro atoms. The molecule has 2 aromatic rings. The molecule has 1 atom stereocenters. The molecule has 0 aliphatic carbocycles. The number of β-amino-alcohol motifs (C(OH)–C–C–N with tert-alkyl or cyclic N) is 1. The van der Waals surface area contributed by atoms with Crippen molar-refractivity contribution in [3.05, 3.63) is 64.7 Å². The first-order valence-corrected chi connectivity index (χ1v) is 9.12. The fourth-order valence-electron chi connectivity index (χ4n) is 3.24. The first kappa shape index (κ1) is 18.4. The predicted molar refractivity (Wildman–Crippen MR) is 107 cm³/mol. The number of nitrogens with zero attached hydrogens (tertiary/aromatic N) is 2. The van der Waals surface area contributed by atoms with E-state index in [1.807, 2.05) is 18.2 Å². The lowest BCUT2D eigenvalue weighted by Gasteiger charge is -2.17. The molecular formula is C21H28N4O. The van der Waals surface area contributed by atoms with Crippen LogP contribution in [0.3, 0.4) is 0 Å². The van der Waals surface area contributed by atoms with Crippen LogP contribution in [0.25, 0.3) is 0 Å². The average molecular weight is 352 g/mol. The van der Waals surface area contributed by atoms with Gasteiger partial charge in [-0.25, -0.2) is 4.99 Å². The number of likely N-dealkylation sites (tertiary alicyclic amines) is 1. The maximum atomic E-state index is 9.71. The first-order valence-electron chi connectivity index (χ1n) is 9.12. The molecule has 0 aromatic heterocycles. The molecular weight excluding hydrogens is 324 g/mol. The number of guanidine groups is 1. The Kier molecular flexibility index (Phi) is 5.91. The summed E-state index contributed by atoms with van der Waals surface area (Å²) < 4.78 is 0. The largest absolute Gasteiger partial charge is 0.392 e. The zero-order valence-electron chi connectivity index (χ0n) is 15.6. The van der Waals surface area contributed by atoms with E-state index in [1.54, 1.807) is 0 Å². The normalized spacial score (nSPS) is 18.3. The van der Waals surface area contributed by atoms with E-state index in [-0.39, 0.29) is 6.10 Å². The van der Waals surface area contributed by atoms with Crippen LogP contribution in [0.4, 0.5) is 5.69 Å². The number of nitrogens with two attached hydrogens (primary N) is 1. The molecule has 1 unspecified atom stereocenters. The van der Waals surface area contributed by atoms with E-state index < -0.39 is 0 Å². The fraction of sp³-hybridized carbons (Fsp3) is 0.381. The standard InChI is InChI=1S/C21H28N4O/c1-15-7-8-19(11-16(15)2)24-21(22)23-12-17-5-3-4-6-18(17)13-25-10-9-20(26)14-25/h3-8,11,20,26H,9-10,12-14H2,1-2H3,(H3,22,23,24). The number of aliphatic hydroxyl groups is 1. The number of aryl methyl sites for hydroxylation is 2. The monoisotopic (exact) mass is 352 g/mol. The number of aliphatic hydroxyl groups excluding tert-OH is 1. The van der Waals surface area contributed by atoms with Gasteiger partial charge in [0, 0.05) is 25.3 Å². The van der Waals surface area contributed by atoms with Crippen LogP contribution in [0.2, 0.25) is 0 Å². The fourth-order valence-corrected chi connectivity index (χ4v) is 3.24. The number of aliphatic imine (C=N–C) groups is 1. The lowest BCUT2D eigenvalue weighted by molar-refractivity contribution is 0.174. The Labute approximate surface area is 155 Å². The van der Waals surface area contributed by atoms with Gasteiger partial charge in [0.1, 0.15) is 0 Å². The first-order chi connectivity index (χ1) is 12.5. The van der Waals surface area contributed by atoms with Crippen LogP contribution in [0.1, 0.15) is 28.7 Å². The minimum atomic E-state index is -0.196. The van der Waals surface area contributed by atoms with Gasteiger partial charge in [-0.1, -0.05) is 30.3 Å². The van der Waals surface area contributed by atoms with Gasteiger partial charge in [0.05, 0.1) is 12.6 Å². The molecule has 1 aliphatic heterocycles. The van der Waals surface area contributed by atoms with Crippen LogP contribution >= 0.6 is 0 Å². The van der Waals surface area contributed by atoms with Crippen LogP contribution < -0.4 is 11.1 Å². The second-order valence-corrected chi connectivity index (χ2v) is 7.07. The molecule has 138 valence electrons. The van der Waals surface area contributed by atoms with Crippen LogP contribution in [-0.4, -0.2) is 35.2 Å². The highest BCUT2D eigenvalue weighted by Gasteiger charge is 2.20. The number of benzene rings is 2. The van der Waals surface area contributed by atoms with E-state index in [0.717, 1.165) is 31.7 Å². The van der Waals surface area contributed by atoms with Crippen molar-refractivity contribution in [1.29, 1.82) is 0 Å². The third kappa shape index (κ3) is 4.84. The maximum Gasteiger partial charge on any atom is 0.193 e. The van der Waals surface area contributed by atoms with E-state index in [4.69, 9.17) is 5.73 Å². The molecule has 3 rings (SSSR count). The molecule has 26 heavy (non-hydrogen) atoms. The molecule has 1 saturated heterocycles. The van der Waals surface area contributed by atoms with Gasteiger partial charge in [-0.05, 0) is 54.7 Å². The van der Waals surface area contributed by atoms with Crippen molar-refractivity contribution in [2.75, 3.05) is 18.4 Å². The van der Waals surface area contributed by atoms with Gasteiger partial charge in [0.2, 0.25) is 0 Å². The molecule has 1 aliphatic rings. The second kappa shape index (κ2) is 8.34. The Morgan fingerprint density at radius 1 is 1.19 bits per heavy atom.